The summed E-state index contributed by atoms with van der Waals surface area (Å²) in [5.41, 5.74) is 2.59. The zero-order valence-electron chi connectivity index (χ0n) is 12.6. The quantitative estimate of drug-likeness (QED) is 0.824. The standard InChI is InChI=1S/C17H21NO3S/c1-14-6-5-7-15(12-14)13-22(20,21)18-11-10-17(19)16-8-3-2-4-9-16/h2-9,12,17-19H,10-11,13H2,1H3/t17-/m0/s1. The highest BCUT2D eigenvalue weighted by atomic mass is 32.2. The van der Waals surface area contributed by atoms with E-state index in [1.54, 1.807) is 6.07 Å². The zero-order valence-corrected chi connectivity index (χ0v) is 13.4. The van der Waals surface area contributed by atoms with Crippen LogP contribution in [0.1, 0.15) is 29.2 Å². The maximum absolute atomic E-state index is 12.0. The van der Waals surface area contributed by atoms with Crippen molar-refractivity contribution >= 4 is 10.0 Å². The molecular weight excluding hydrogens is 298 g/mol. The Bertz CT molecular complexity index is 699. The van der Waals surface area contributed by atoms with Crippen LogP contribution in [-0.4, -0.2) is 20.1 Å². The topological polar surface area (TPSA) is 66.4 Å². The first-order chi connectivity index (χ1) is 10.5. The minimum absolute atomic E-state index is 0.0455. The van der Waals surface area contributed by atoms with Crippen LogP contribution in [0.5, 0.6) is 0 Å². The highest BCUT2D eigenvalue weighted by Crippen LogP contribution is 2.15. The van der Waals surface area contributed by atoms with Crippen molar-refractivity contribution in [1.82, 2.24) is 4.72 Å². The molecule has 118 valence electrons. The largest absolute Gasteiger partial charge is 0.388 e. The molecule has 0 aliphatic carbocycles. The van der Waals surface area contributed by atoms with Crippen molar-refractivity contribution in [2.45, 2.75) is 25.2 Å². The Morgan fingerprint density at radius 3 is 2.50 bits per heavy atom. The van der Waals surface area contributed by atoms with Crippen molar-refractivity contribution in [3.05, 3.63) is 71.3 Å². The molecule has 0 bridgehead atoms. The van der Waals surface area contributed by atoms with Gasteiger partial charge in [-0.1, -0.05) is 60.2 Å². The summed E-state index contributed by atoms with van der Waals surface area (Å²) < 4.78 is 26.6. The smallest absolute Gasteiger partial charge is 0.215 e. The van der Waals surface area contributed by atoms with E-state index in [0.29, 0.717) is 6.42 Å². The second-order valence-corrected chi connectivity index (χ2v) is 7.16. The second kappa shape index (κ2) is 7.54. The van der Waals surface area contributed by atoms with Crippen LogP contribution in [0.25, 0.3) is 0 Å². The lowest BCUT2D eigenvalue weighted by Crippen LogP contribution is -2.27. The molecule has 2 aromatic rings. The average Bonchev–Trinajstić information content (AvgIpc) is 2.47. The summed E-state index contributed by atoms with van der Waals surface area (Å²) in [4.78, 5) is 0. The molecule has 0 fully saturated rings. The van der Waals surface area contributed by atoms with Gasteiger partial charge in [0.2, 0.25) is 10.0 Å². The molecule has 0 aliphatic rings. The molecule has 0 amide bonds. The van der Waals surface area contributed by atoms with Gasteiger partial charge in [0.25, 0.3) is 0 Å². The first-order valence-corrected chi connectivity index (χ1v) is 8.87. The molecule has 5 heteroatoms. The van der Waals surface area contributed by atoms with Gasteiger partial charge in [-0.15, -0.1) is 0 Å². The second-order valence-electron chi connectivity index (χ2n) is 5.36. The average molecular weight is 319 g/mol. The number of aliphatic hydroxyl groups is 1. The molecule has 0 radical (unpaired) electrons. The van der Waals surface area contributed by atoms with Crippen molar-refractivity contribution in [1.29, 1.82) is 0 Å². The van der Waals surface area contributed by atoms with Gasteiger partial charge in [0.1, 0.15) is 0 Å². The molecule has 0 spiro atoms. The van der Waals surface area contributed by atoms with Crippen molar-refractivity contribution in [2.75, 3.05) is 6.54 Å². The summed E-state index contributed by atoms with van der Waals surface area (Å²) in [5, 5.41) is 10.0. The normalized spacial score (nSPS) is 13.0. The Kier molecular flexibility index (Phi) is 5.71. The monoisotopic (exact) mass is 319 g/mol. The number of aryl methyl sites for hydroxylation is 1. The van der Waals surface area contributed by atoms with Crippen LogP contribution in [0.2, 0.25) is 0 Å². The van der Waals surface area contributed by atoms with E-state index < -0.39 is 16.1 Å². The lowest BCUT2D eigenvalue weighted by atomic mass is 10.1. The number of rotatable bonds is 7. The summed E-state index contributed by atoms with van der Waals surface area (Å²) in [6.45, 7) is 2.14. The fourth-order valence-corrected chi connectivity index (χ4v) is 3.41. The number of hydrogen-bond donors (Lipinski definition) is 2. The number of aliphatic hydroxyl groups excluding tert-OH is 1. The van der Waals surface area contributed by atoms with Crippen LogP contribution >= 0.6 is 0 Å². The molecule has 0 saturated heterocycles. The third-order valence-electron chi connectivity index (χ3n) is 3.36. The molecule has 2 aromatic carbocycles. The lowest BCUT2D eigenvalue weighted by Gasteiger charge is -2.12. The maximum Gasteiger partial charge on any atom is 0.215 e. The Balaban J connectivity index is 1.85. The van der Waals surface area contributed by atoms with Gasteiger partial charge >= 0.3 is 0 Å². The summed E-state index contributed by atoms with van der Waals surface area (Å²) in [7, 11) is -3.39. The van der Waals surface area contributed by atoms with E-state index in [1.165, 1.54) is 0 Å². The van der Waals surface area contributed by atoms with E-state index in [1.807, 2.05) is 55.5 Å². The molecule has 0 aromatic heterocycles. The fourth-order valence-electron chi connectivity index (χ4n) is 2.27. The summed E-state index contributed by atoms with van der Waals surface area (Å²) >= 11 is 0. The van der Waals surface area contributed by atoms with Gasteiger partial charge < -0.3 is 5.11 Å². The van der Waals surface area contributed by atoms with E-state index in [9.17, 15) is 13.5 Å². The molecule has 0 aliphatic heterocycles. The predicted molar refractivity (Wildman–Crippen MR) is 87.8 cm³/mol. The summed E-state index contributed by atoms with van der Waals surface area (Å²) in [5.74, 6) is -0.0455. The van der Waals surface area contributed by atoms with Crippen molar-refractivity contribution in [3.8, 4) is 0 Å². The van der Waals surface area contributed by atoms with Crippen molar-refractivity contribution in [2.24, 2.45) is 0 Å². The van der Waals surface area contributed by atoms with Crippen LogP contribution in [0.4, 0.5) is 0 Å². The zero-order chi connectivity index (χ0) is 16.0. The van der Waals surface area contributed by atoms with Crippen molar-refractivity contribution < 1.29 is 13.5 Å². The predicted octanol–water partition coefficient (Wildman–Crippen LogP) is 2.54. The van der Waals surface area contributed by atoms with E-state index >= 15 is 0 Å². The van der Waals surface area contributed by atoms with Crippen molar-refractivity contribution in [3.63, 3.8) is 0 Å². The van der Waals surface area contributed by atoms with E-state index in [0.717, 1.165) is 16.7 Å². The number of benzene rings is 2. The summed E-state index contributed by atoms with van der Waals surface area (Å²) in [6.07, 6.45) is -0.320. The van der Waals surface area contributed by atoms with Crippen LogP contribution in [0, 0.1) is 6.92 Å². The van der Waals surface area contributed by atoms with Crippen LogP contribution in [0.3, 0.4) is 0 Å². The first-order valence-electron chi connectivity index (χ1n) is 7.22. The third kappa shape index (κ3) is 5.26. The third-order valence-corrected chi connectivity index (χ3v) is 4.72. The van der Waals surface area contributed by atoms with Crippen LogP contribution in [0.15, 0.2) is 54.6 Å². The highest BCUT2D eigenvalue weighted by molar-refractivity contribution is 7.88. The van der Waals surface area contributed by atoms with Gasteiger partial charge in [0.15, 0.2) is 0 Å². The number of nitrogens with one attached hydrogen (secondary N) is 1. The van der Waals surface area contributed by atoms with Gasteiger partial charge in [-0.3, -0.25) is 0 Å². The van der Waals surface area contributed by atoms with E-state index in [-0.39, 0.29) is 12.3 Å². The number of hydrogen-bond acceptors (Lipinski definition) is 3. The van der Waals surface area contributed by atoms with Gasteiger partial charge in [0.05, 0.1) is 11.9 Å². The minimum atomic E-state index is -3.39. The van der Waals surface area contributed by atoms with Gasteiger partial charge in [-0.05, 0) is 24.5 Å². The lowest BCUT2D eigenvalue weighted by molar-refractivity contribution is 0.169. The van der Waals surface area contributed by atoms with Crippen LogP contribution < -0.4 is 4.72 Å². The SMILES string of the molecule is Cc1cccc(CS(=O)(=O)NCC[C@H](O)c2ccccc2)c1. The molecule has 0 unspecified atom stereocenters. The highest BCUT2D eigenvalue weighted by Gasteiger charge is 2.13. The molecule has 1 atom stereocenters. The molecule has 0 heterocycles. The van der Waals surface area contributed by atoms with Gasteiger partial charge in [-0.25, -0.2) is 13.1 Å². The molecule has 2 N–H and O–H groups in total. The minimum Gasteiger partial charge on any atom is -0.388 e. The first kappa shape index (κ1) is 16.7. The van der Waals surface area contributed by atoms with Gasteiger partial charge in [-0.2, -0.15) is 0 Å². The molecule has 0 saturated carbocycles. The maximum atomic E-state index is 12.0. The Morgan fingerprint density at radius 2 is 1.82 bits per heavy atom. The molecule has 22 heavy (non-hydrogen) atoms. The van der Waals surface area contributed by atoms with Crippen LogP contribution in [-0.2, 0) is 15.8 Å². The van der Waals surface area contributed by atoms with E-state index in [2.05, 4.69) is 4.72 Å². The fraction of sp³-hybridized carbons (Fsp3) is 0.294. The summed E-state index contributed by atoms with van der Waals surface area (Å²) in [6, 6.07) is 16.7. The van der Waals surface area contributed by atoms with E-state index in [4.69, 9.17) is 0 Å². The Labute approximate surface area is 131 Å². The molecular formula is C17H21NO3S. The number of sulfonamides is 1. The molecule has 2 rings (SSSR count). The van der Waals surface area contributed by atoms with Gasteiger partial charge in [0, 0.05) is 6.54 Å². The Morgan fingerprint density at radius 1 is 1.09 bits per heavy atom. The Hall–Kier alpha value is -1.69. The molecule has 4 nitrogen and oxygen atoms in total.